The summed E-state index contributed by atoms with van der Waals surface area (Å²) < 4.78 is 37.6. The fourth-order valence-electron chi connectivity index (χ4n) is 4.21. The molecule has 1 saturated carbocycles. The van der Waals surface area contributed by atoms with Gasteiger partial charge >= 0.3 is 6.18 Å². The van der Waals surface area contributed by atoms with Gasteiger partial charge < -0.3 is 10.6 Å². The van der Waals surface area contributed by atoms with Gasteiger partial charge in [0.1, 0.15) is 6.54 Å². The molecular weight excluding hydrogens is 423 g/mol. The highest BCUT2D eigenvalue weighted by Gasteiger charge is 2.40. The third kappa shape index (κ3) is 4.46. The number of nitrogens with zero attached hydrogens (tertiary/aromatic N) is 1. The summed E-state index contributed by atoms with van der Waals surface area (Å²) in [6, 6.07) is 10.2. The zero-order chi connectivity index (χ0) is 22.9. The second kappa shape index (κ2) is 8.64. The van der Waals surface area contributed by atoms with Crippen molar-refractivity contribution >= 4 is 29.1 Å². The summed E-state index contributed by atoms with van der Waals surface area (Å²) >= 11 is 0. The number of alkyl halides is 3. The van der Waals surface area contributed by atoms with E-state index < -0.39 is 24.5 Å². The lowest BCUT2D eigenvalue weighted by Gasteiger charge is -2.29. The Morgan fingerprint density at radius 3 is 2.28 bits per heavy atom. The SMILES string of the molecule is O=C(Nc1ccccc1NCC(F)(F)F)c1ccc2c(c1)C(=O)N(C1CCCCC1)C2=O. The lowest BCUT2D eigenvalue weighted by molar-refractivity contribution is -0.115. The van der Waals surface area contributed by atoms with E-state index in [4.69, 9.17) is 0 Å². The Morgan fingerprint density at radius 1 is 0.938 bits per heavy atom. The number of fused-ring (bicyclic) bond motifs is 1. The summed E-state index contributed by atoms with van der Waals surface area (Å²) in [5, 5.41) is 4.84. The molecule has 1 heterocycles. The van der Waals surface area contributed by atoms with Gasteiger partial charge in [-0.3, -0.25) is 19.3 Å². The number of hydrogen-bond acceptors (Lipinski definition) is 4. The van der Waals surface area contributed by atoms with Crippen LogP contribution in [0.25, 0.3) is 0 Å². The summed E-state index contributed by atoms with van der Waals surface area (Å²) in [5.41, 5.74) is 0.879. The summed E-state index contributed by atoms with van der Waals surface area (Å²) in [6.45, 7) is -1.24. The minimum Gasteiger partial charge on any atom is -0.375 e. The summed E-state index contributed by atoms with van der Waals surface area (Å²) in [6.07, 6.45) is 0.166. The third-order valence-corrected chi connectivity index (χ3v) is 5.77. The molecule has 0 bridgehead atoms. The van der Waals surface area contributed by atoms with E-state index in [2.05, 4.69) is 10.6 Å². The quantitative estimate of drug-likeness (QED) is 0.646. The molecule has 1 aliphatic carbocycles. The van der Waals surface area contributed by atoms with E-state index in [0.717, 1.165) is 32.1 Å². The van der Waals surface area contributed by atoms with Gasteiger partial charge in [0, 0.05) is 11.6 Å². The molecule has 3 amide bonds. The van der Waals surface area contributed by atoms with E-state index in [1.54, 1.807) is 12.1 Å². The first-order valence-electron chi connectivity index (χ1n) is 10.5. The molecule has 168 valence electrons. The van der Waals surface area contributed by atoms with Crippen molar-refractivity contribution in [1.82, 2.24) is 4.90 Å². The van der Waals surface area contributed by atoms with Crippen LogP contribution in [0.4, 0.5) is 24.5 Å². The van der Waals surface area contributed by atoms with E-state index in [0.29, 0.717) is 0 Å². The summed E-state index contributed by atoms with van der Waals surface area (Å²) in [7, 11) is 0. The number of carbonyl (C=O) groups excluding carboxylic acids is 3. The Bertz CT molecular complexity index is 1060. The number of amides is 3. The van der Waals surface area contributed by atoms with Gasteiger partial charge in [-0.05, 0) is 43.2 Å². The van der Waals surface area contributed by atoms with Crippen molar-refractivity contribution in [3.63, 3.8) is 0 Å². The number of benzene rings is 2. The average molecular weight is 445 g/mol. The van der Waals surface area contributed by atoms with Gasteiger partial charge in [0.05, 0.1) is 22.5 Å². The van der Waals surface area contributed by atoms with Crippen molar-refractivity contribution in [2.75, 3.05) is 17.2 Å². The largest absolute Gasteiger partial charge is 0.405 e. The van der Waals surface area contributed by atoms with Gasteiger partial charge in [0.25, 0.3) is 17.7 Å². The molecule has 0 spiro atoms. The highest BCUT2D eigenvalue weighted by molar-refractivity contribution is 6.22. The predicted molar refractivity (Wildman–Crippen MR) is 113 cm³/mol. The minimum atomic E-state index is -4.41. The van der Waals surface area contributed by atoms with Crippen LogP contribution >= 0.6 is 0 Å². The fourth-order valence-corrected chi connectivity index (χ4v) is 4.21. The Hall–Kier alpha value is -3.36. The molecule has 2 aromatic rings. The zero-order valence-electron chi connectivity index (χ0n) is 17.2. The molecule has 0 saturated heterocycles. The monoisotopic (exact) mass is 445 g/mol. The molecule has 4 rings (SSSR count). The highest BCUT2D eigenvalue weighted by Crippen LogP contribution is 2.32. The maximum atomic E-state index is 12.9. The Kier molecular flexibility index (Phi) is 5.90. The number of rotatable bonds is 5. The molecule has 2 N–H and O–H groups in total. The van der Waals surface area contributed by atoms with Crippen LogP contribution in [-0.4, -0.2) is 41.4 Å². The lowest BCUT2D eigenvalue weighted by atomic mass is 9.94. The smallest absolute Gasteiger partial charge is 0.375 e. The number of carbonyl (C=O) groups is 3. The van der Waals surface area contributed by atoms with Crippen molar-refractivity contribution in [2.45, 2.75) is 44.3 Å². The Labute approximate surface area is 182 Å². The molecule has 9 heteroatoms. The maximum Gasteiger partial charge on any atom is 0.405 e. The van der Waals surface area contributed by atoms with Crippen LogP contribution in [-0.2, 0) is 0 Å². The molecule has 0 radical (unpaired) electrons. The first-order valence-corrected chi connectivity index (χ1v) is 10.5. The van der Waals surface area contributed by atoms with Gasteiger partial charge in [0.2, 0.25) is 0 Å². The van der Waals surface area contributed by atoms with Gasteiger partial charge in [0.15, 0.2) is 0 Å². The second-order valence-corrected chi connectivity index (χ2v) is 8.00. The first kappa shape index (κ1) is 21.9. The molecule has 2 aromatic carbocycles. The second-order valence-electron chi connectivity index (χ2n) is 8.00. The van der Waals surface area contributed by atoms with Gasteiger partial charge in [-0.2, -0.15) is 13.2 Å². The maximum absolute atomic E-state index is 12.9. The summed E-state index contributed by atoms with van der Waals surface area (Å²) in [4.78, 5) is 39.8. The van der Waals surface area contributed by atoms with Crippen molar-refractivity contribution in [2.24, 2.45) is 0 Å². The van der Waals surface area contributed by atoms with Crippen molar-refractivity contribution in [3.8, 4) is 0 Å². The van der Waals surface area contributed by atoms with Crippen LogP contribution in [0.2, 0.25) is 0 Å². The molecule has 6 nitrogen and oxygen atoms in total. The van der Waals surface area contributed by atoms with Crippen molar-refractivity contribution in [1.29, 1.82) is 0 Å². The predicted octanol–water partition coefficient (Wildman–Crippen LogP) is 4.84. The molecule has 32 heavy (non-hydrogen) atoms. The number of anilines is 2. The van der Waals surface area contributed by atoms with Crippen LogP contribution in [0.15, 0.2) is 42.5 Å². The number of para-hydroxylation sites is 2. The molecule has 2 aliphatic rings. The Morgan fingerprint density at radius 2 is 1.59 bits per heavy atom. The van der Waals surface area contributed by atoms with Crippen LogP contribution in [0.3, 0.4) is 0 Å². The minimum absolute atomic E-state index is 0.120. The van der Waals surface area contributed by atoms with Crippen molar-refractivity contribution in [3.05, 3.63) is 59.2 Å². The highest BCUT2D eigenvalue weighted by atomic mass is 19.4. The molecule has 0 atom stereocenters. The number of imide groups is 1. The average Bonchev–Trinajstić information content (AvgIpc) is 3.02. The molecule has 1 fully saturated rings. The summed E-state index contributed by atoms with van der Waals surface area (Å²) in [5.74, 6) is -1.34. The molecule has 0 aromatic heterocycles. The standard InChI is InChI=1S/C23H22F3N3O3/c24-23(25,26)13-27-18-8-4-5-9-19(18)28-20(30)14-10-11-16-17(12-14)22(32)29(21(16)31)15-6-2-1-3-7-15/h4-5,8-12,15,27H,1-3,6-7,13H2,(H,28,30). The van der Waals surface area contributed by atoms with E-state index >= 15 is 0 Å². The number of hydrogen-bond donors (Lipinski definition) is 2. The third-order valence-electron chi connectivity index (χ3n) is 5.77. The van der Waals surface area contributed by atoms with E-state index in [1.807, 2.05) is 0 Å². The van der Waals surface area contributed by atoms with E-state index in [9.17, 15) is 27.6 Å². The van der Waals surface area contributed by atoms with Crippen LogP contribution in [0.1, 0.15) is 63.2 Å². The van der Waals surface area contributed by atoms with E-state index in [-0.39, 0.29) is 40.0 Å². The number of nitrogens with one attached hydrogen (secondary N) is 2. The molecule has 1 aliphatic heterocycles. The van der Waals surface area contributed by atoms with Crippen LogP contribution in [0, 0.1) is 0 Å². The first-order chi connectivity index (χ1) is 15.2. The van der Waals surface area contributed by atoms with Gasteiger partial charge in [-0.1, -0.05) is 31.4 Å². The molecule has 0 unspecified atom stereocenters. The lowest BCUT2D eigenvalue weighted by Crippen LogP contribution is -2.40. The van der Waals surface area contributed by atoms with E-state index in [1.165, 1.54) is 35.2 Å². The van der Waals surface area contributed by atoms with Crippen LogP contribution in [0.5, 0.6) is 0 Å². The van der Waals surface area contributed by atoms with Gasteiger partial charge in [-0.25, -0.2) is 0 Å². The number of halogens is 3. The molecular formula is C23H22F3N3O3. The zero-order valence-corrected chi connectivity index (χ0v) is 17.2. The van der Waals surface area contributed by atoms with Gasteiger partial charge in [-0.15, -0.1) is 0 Å². The topological polar surface area (TPSA) is 78.5 Å². The van der Waals surface area contributed by atoms with Crippen LogP contribution < -0.4 is 10.6 Å². The normalized spacial score (nSPS) is 16.8. The Balaban J connectivity index is 1.52. The fraction of sp³-hybridized carbons (Fsp3) is 0.348. The van der Waals surface area contributed by atoms with Crippen molar-refractivity contribution < 1.29 is 27.6 Å².